The molecule has 0 aromatic heterocycles. The van der Waals surface area contributed by atoms with E-state index in [0.29, 0.717) is 6.42 Å². The van der Waals surface area contributed by atoms with Crippen LogP contribution in [0, 0.1) is 5.92 Å². The number of nitrogens with one attached hydrogen (secondary N) is 1. The number of ketones is 1. The van der Waals surface area contributed by atoms with Crippen LogP contribution in [0.25, 0.3) is 0 Å². The summed E-state index contributed by atoms with van der Waals surface area (Å²) in [6.45, 7) is 5.96. The Morgan fingerprint density at radius 3 is 2.40 bits per heavy atom. The molecule has 0 bridgehead atoms. The summed E-state index contributed by atoms with van der Waals surface area (Å²) in [4.78, 5) is 23.6. The van der Waals surface area contributed by atoms with Crippen molar-refractivity contribution >= 4 is 11.9 Å². The van der Waals surface area contributed by atoms with Gasteiger partial charge in [0.1, 0.15) is 6.61 Å². The van der Waals surface area contributed by atoms with Crippen LogP contribution in [-0.4, -0.2) is 17.9 Å². The lowest BCUT2D eigenvalue weighted by Gasteiger charge is -2.22. The molecule has 20 heavy (non-hydrogen) atoms. The van der Waals surface area contributed by atoms with E-state index in [1.807, 2.05) is 44.2 Å². The molecule has 0 saturated heterocycles. The monoisotopic (exact) mass is 277 g/mol. The molecule has 0 aliphatic heterocycles. The van der Waals surface area contributed by atoms with Gasteiger partial charge in [0, 0.05) is 6.42 Å². The second kappa shape index (κ2) is 8.35. The summed E-state index contributed by atoms with van der Waals surface area (Å²) in [7, 11) is 0. The third kappa shape index (κ3) is 5.03. The Kier molecular flexibility index (Phi) is 6.77. The van der Waals surface area contributed by atoms with Crippen LogP contribution in [0.5, 0.6) is 0 Å². The first kappa shape index (κ1) is 16.2. The van der Waals surface area contributed by atoms with Crippen molar-refractivity contribution in [1.82, 2.24) is 5.32 Å². The Hall–Kier alpha value is -1.84. The number of carbonyl (C=O) groups excluding carboxylic acids is 2. The lowest BCUT2D eigenvalue weighted by molar-refractivity contribution is -0.121. The first-order valence-electron chi connectivity index (χ1n) is 7.08. The molecule has 1 rings (SSSR count). The summed E-state index contributed by atoms with van der Waals surface area (Å²) in [6, 6.07) is 8.99. The van der Waals surface area contributed by atoms with Gasteiger partial charge in [-0.2, -0.15) is 0 Å². The van der Waals surface area contributed by atoms with Gasteiger partial charge in [0.15, 0.2) is 5.78 Å². The fourth-order valence-corrected chi connectivity index (χ4v) is 1.89. The van der Waals surface area contributed by atoms with E-state index < -0.39 is 12.1 Å². The number of hydrogen-bond donors (Lipinski definition) is 1. The maximum Gasteiger partial charge on any atom is 0.408 e. The lowest BCUT2D eigenvalue weighted by Crippen LogP contribution is -2.45. The van der Waals surface area contributed by atoms with Crippen molar-refractivity contribution in [3.8, 4) is 0 Å². The van der Waals surface area contributed by atoms with E-state index in [2.05, 4.69) is 5.32 Å². The van der Waals surface area contributed by atoms with Crippen LogP contribution in [0.3, 0.4) is 0 Å². The number of benzene rings is 1. The summed E-state index contributed by atoms with van der Waals surface area (Å²) in [5.74, 6) is 0.141. The summed E-state index contributed by atoms with van der Waals surface area (Å²) < 4.78 is 5.15. The van der Waals surface area contributed by atoms with Crippen LogP contribution < -0.4 is 5.32 Å². The van der Waals surface area contributed by atoms with Gasteiger partial charge < -0.3 is 10.1 Å². The van der Waals surface area contributed by atoms with Crippen LogP contribution in [-0.2, 0) is 16.1 Å². The van der Waals surface area contributed by atoms with Gasteiger partial charge in [-0.25, -0.2) is 4.79 Å². The predicted molar refractivity (Wildman–Crippen MR) is 78.3 cm³/mol. The topological polar surface area (TPSA) is 55.4 Å². The van der Waals surface area contributed by atoms with E-state index in [1.165, 1.54) is 0 Å². The van der Waals surface area contributed by atoms with Crippen molar-refractivity contribution in [1.29, 1.82) is 0 Å². The lowest BCUT2D eigenvalue weighted by atomic mass is 9.94. The van der Waals surface area contributed by atoms with Crippen LogP contribution in [0.1, 0.15) is 39.2 Å². The summed E-state index contributed by atoms with van der Waals surface area (Å²) in [5.41, 5.74) is 0.921. The number of hydrogen-bond acceptors (Lipinski definition) is 3. The summed E-state index contributed by atoms with van der Waals surface area (Å²) in [5, 5.41) is 2.68. The first-order valence-corrected chi connectivity index (χ1v) is 7.08. The standard InChI is InChI=1S/C16H23NO3/c1-4-12(3)15(14(18)5-2)17-16(19)20-11-13-9-7-6-8-10-13/h6-10,12,15H,4-5,11H2,1-3H3,(H,17,19)/t12-,15-/m0/s1. The quantitative estimate of drug-likeness (QED) is 0.832. The molecule has 110 valence electrons. The number of ether oxygens (including phenoxy) is 1. The second-order valence-corrected chi connectivity index (χ2v) is 4.89. The average Bonchev–Trinajstić information content (AvgIpc) is 2.50. The molecular formula is C16H23NO3. The molecule has 1 aromatic carbocycles. The highest BCUT2D eigenvalue weighted by molar-refractivity contribution is 5.87. The van der Waals surface area contributed by atoms with Crippen molar-refractivity contribution < 1.29 is 14.3 Å². The number of carbonyl (C=O) groups is 2. The highest BCUT2D eigenvalue weighted by Gasteiger charge is 2.24. The number of Topliss-reactive ketones (excluding diaryl/α,β-unsaturated/α-hetero) is 1. The molecule has 0 radical (unpaired) electrons. The Labute approximate surface area is 120 Å². The van der Waals surface area contributed by atoms with Gasteiger partial charge in [-0.1, -0.05) is 57.5 Å². The van der Waals surface area contributed by atoms with Crippen molar-refractivity contribution in [2.75, 3.05) is 0 Å². The van der Waals surface area contributed by atoms with Gasteiger partial charge >= 0.3 is 6.09 Å². The molecule has 4 nitrogen and oxygen atoms in total. The highest BCUT2D eigenvalue weighted by Crippen LogP contribution is 2.11. The minimum Gasteiger partial charge on any atom is -0.445 e. The van der Waals surface area contributed by atoms with Crippen molar-refractivity contribution in [2.45, 2.75) is 46.3 Å². The van der Waals surface area contributed by atoms with Gasteiger partial charge in [-0.3, -0.25) is 4.79 Å². The maximum atomic E-state index is 11.9. The van der Waals surface area contributed by atoms with Crippen LogP contribution >= 0.6 is 0 Å². The third-order valence-corrected chi connectivity index (χ3v) is 3.39. The van der Waals surface area contributed by atoms with Crippen molar-refractivity contribution in [2.24, 2.45) is 5.92 Å². The predicted octanol–water partition coefficient (Wildman–Crippen LogP) is 3.31. The zero-order valence-electron chi connectivity index (χ0n) is 12.4. The van der Waals surface area contributed by atoms with Gasteiger partial charge in [0.05, 0.1) is 6.04 Å². The molecule has 1 N–H and O–H groups in total. The van der Waals surface area contributed by atoms with Crippen LogP contribution in [0.15, 0.2) is 30.3 Å². The van der Waals surface area contributed by atoms with E-state index in [4.69, 9.17) is 4.74 Å². The Morgan fingerprint density at radius 2 is 1.85 bits per heavy atom. The fraction of sp³-hybridized carbons (Fsp3) is 0.500. The van der Waals surface area contributed by atoms with Gasteiger partial charge in [-0.05, 0) is 11.5 Å². The summed E-state index contributed by atoms with van der Waals surface area (Å²) in [6.07, 6.45) is 0.699. The van der Waals surface area contributed by atoms with Gasteiger partial charge in [-0.15, -0.1) is 0 Å². The average molecular weight is 277 g/mol. The largest absolute Gasteiger partial charge is 0.445 e. The zero-order valence-corrected chi connectivity index (χ0v) is 12.4. The molecular weight excluding hydrogens is 254 g/mol. The molecule has 0 fully saturated rings. The number of rotatable bonds is 7. The molecule has 0 unspecified atom stereocenters. The molecule has 2 atom stereocenters. The van der Waals surface area contributed by atoms with E-state index in [-0.39, 0.29) is 18.3 Å². The van der Waals surface area contributed by atoms with E-state index in [1.54, 1.807) is 6.92 Å². The Morgan fingerprint density at radius 1 is 1.20 bits per heavy atom. The van der Waals surface area contributed by atoms with Gasteiger partial charge in [0.2, 0.25) is 0 Å². The van der Waals surface area contributed by atoms with E-state index in [9.17, 15) is 9.59 Å². The van der Waals surface area contributed by atoms with Crippen LogP contribution in [0.2, 0.25) is 0 Å². The minimum absolute atomic E-state index is 0.0380. The molecule has 0 aliphatic rings. The van der Waals surface area contributed by atoms with Crippen molar-refractivity contribution in [3.05, 3.63) is 35.9 Å². The molecule has 0 saturated carbocycles. The second-order valence-electron chi connectivity index (χ2n) is 4.89. The third-order valence-electron chi connectivity index (χ3n) is 3.39. The van der Waals surface area contributed by atoms with Crippen LogP contribution in [0.4, 0.5) is 4.79 Å². The fourth-order valence-electron chi connectivity index (χ4n) is 1.89. The minimum atomic E-state index is -0.541. The Bertz CT molecular complexity index is 431. The smallest absolute Gasteiger partial charge is 0.408 e. The first-order chi connectivity index (χ1) is 9.58. The highest BCUT2D eigenvalue weighted by atomic mass is 16.5. The number of amides is 1. The van der Waals surface area contributed by atoms with Gasteiger partial charge in [0.25, 0.3) is 0 Å². The van der Waals surface area contributed by atoms with Crippen molar-refractivity contribution in [3.63, 3.8) is 0 Å². The molecule has 1 aromatic rings. The summed E-state index contributed by atoms with van der Waals surface area (Å²) >= 11 is 0. The van der Waals surface area contributed by atoms with E-state index >= 15 is 0 Å². The molecule has 0 aliphatic carbocycles. The molecule has 1 amide bonds. The number of alkyl carbamates (subject to hydrolysis) is 1. The maximum absolute atomic E-state index is 11.9. The normalized spacial score (nSPS) is 13.3. The zero-order chi connectivity index (χ0) is 15.0. The van der Waals surface area contributed by atoms with E-state index in [0.717, 1.165) is 12.0 Å². The Balaban J connectivity index is 2.51. The SMILES string of the molecule is CCC(=O)[C@@H](NC(=O)OCc1ccccc1)[C@@H](C)CC. The molecule has 0 heterocycles. The molecule has 4 heteroatoms. The molecule has 0 spiro atoms.